The third-order valence-corrected chi connectivity index (χ3v) is 4.31. The van der Waals surface area contributed by atoms with E-state index in [-0.39, 0.29) is 17.7 Å². The van der Waals surface area contributed by atoms with Crippen LogP contribution in [0.2, 0.25) is 0 Å². The van der Waals surface area contributed by atoms with Gasteiger partial charge in [0.15, 0.2) is 0 Å². The molecule has 2 rings (SSSR count). The Hall–Kier alpha value is -2.43. The molecule has 2 aromatic rings. The quantitative estimate of drug-likeness (QED) is 0.723. The molecule has 5 heteroatoms. The molecule has 2 aromatic carbocycles. The zero-order chi connectivity index (χ0) is 18.4. The zero-order valence-electron chi connectivity index (χ0n) is 14.7. The number of rotatable bonds is 7. The smallest absolute Gasteiger partial charge is 0.387 e. The van der Waals surface area contributed by atoms with E-state index in [1.807, 2.05) is 38.1 Å². The summed E-state index contributed by atoms with van der Waals surface area (Å²) in [5.74, 6) is 0.163. The minimum atomic E-state index is -2.83. The first-order chi connectivity index (χ1) is 11.9. The normalized spacial score (nSPS) is 12.1. The summed E-state index contributed by atoms with van der Waals surface area (Å²) in [5, 5.41) is 0. The fourth-order valence-corrected chi connectivity index (χ4v) is 2.55. The van der Waals surface area contributed by atoms with Crippen molar-refractivity contribution in [3.63, 3.8) is 0 Å². The van der Waals surface area contributed by atoms with Crippen LogP contribution in [0.4, 0.5) is 8.78 Å². The van der Waals surface area contributed by atoms with E-state index in [1.165, 1.54) is 17.7 Å². The van der Waals surface area contributed by atoms with Gasteiger partial charge in [-0.2, -0.15) is 8.78 Å². The zero-order valence-corrected chi connectivity index (χ0v) is 14.7. The number of benzene rings is 2. The molecule has 0 heterocycles. The highest BCUT2D eigenvalue weighted by molar-refractivity contribution is 5.76. The van der Waals surface area contributed by atoms with Crippen LogP contribution in [0.15, 0.2) is 48.5 Å². The van der Waals surface area contributed by atoms with E-state index in [9.17, 15) is 13.6 Å². The third-order valence-electron chi connectivity index (χ3n) is 4.31. The molecule has 0 aliphatic heterocycles. The van der Waals surface area contributed by atoms with Crippen LogP contribution >= 0.6 is 0 Å². The van der Waals surface area contributed by atoms with Gasteiger partial charge in [-0.15, -0.1) is 0 Å². The van der Waals surface area contributed by atoms with Gasteiger partial charge < -0.3 is 9.64 Å². The summed E-state index contributed by atoms with van der Waals surface area (Å²) in [4.78, 5) is 14.1. The largest absolute Gasteiger partial charge is 0.435 e. The van der Waals surface area contributed by atoms with Crippen molar-refractivity contribution in [2.24, 2.45) is 0 Å². The standard InChI is InChI=1S/C20H23F2NO2/c1-14-4-9-17(10-5-14)15(2)23(3)19(24)13-8-16-6-11-18(12-7-16)25-20(21)22/h4-7,9-12,15,20H,8,13H2,1-3H3. The van der Waals surface area contributed by atoms with Gasteiger partial charge >= 0.3 is 6.61 Å². The van der Waals surface area contributed by atoms with Crippen LogP contribution in [-0.2, 0) is 11.2 Å². The Morgan fingerprint density at radius 3 is 2.24 bits per heavy atom. The first-order valence-electron chi connectivity index (χ1n) is 8.23. The molecule has 0 aliphatic carbocycles. The number of carbonyl (C=O) groups is 1. The highest BCUT2D eigenvalue weighted by Crippen LogP contribution is 2.21. The van der Waals surface area contributed by atoms with Crippen molar-refractivity contribution in [2.45, 2.75) is 39.3 Å². The van der Waals surface area contributed by atoms with Crippen LogP contribution in [0.5, 0.6) is 5.75 Å². The number of carbonyl (C=O) groups excluding carboxylic acids is 1. The summed E-state index contributed by atoms with van der Waals surface area (Å²) >= 11 is 0. The van der Waals surface area contributed by atoms with Crippen molar-refractivity contribution < 1.29 is 18.3 Å². The van der Waals surface area contributed by atoms with Gasteiger partial charge in [-0.1, -0.05) is 42.0 Å². The lowest BCUT2D eigenvalue weighted by atomic mass is 10.0. The molecular weight excluding hydrogens is 324 g/mol. The third kappa shape index (κ3) is 5.55. The van der Waals surface area contributed by atoms with Crippen LogP contribution in [0.3, 0.4) is 0 Å². The second-order valence-electron chi connectivity index (χ2n) is 6.11. The Morgan fingerprint density at radius 2 is 1.68 bits per heavy atom. The summed E-state index contributed by atoms with van der Waals surface area (Å²) < 4.78 is 28.6. The van der Waals surface area contributed by atoms with Crippen LogP contribution in [0.25, 0.3) is 0 Å². The molecule has 0 N–H and O–H groups in total. The van der Waals surface area contributed by atoms with E-state index >= 15 is 0 Å². The lowest BCUT2D eigenvalue weighted by molar-refractivity contribution is -0.131. The molecule has 1 amide bonds. The maximum Gasteiger partial charge on any atom is 0.387 e. The SMILES string of the molecule is Cc1ccc(C(C)N(C)C(=O)CCc2ccc(OC(F)F)cc2)cc1. The van der Waals surface area contributed by atoms with Gasteiger partial charge in [0.1, 0.15) is 5.75 Å². The summed E-state index contributed by atoms with van der Waals surface area (Å²) in [6.07, 6.45) is 0.917. The Morgan fingerprint density at radius 1 is 1.08 bits per heavy atom. The van der Waals surface area contributed by atoms with E-state index < -0.39 is 6.61 Å². The predicted molar refractivity (Wildman–Crippen MR) is 93.8 cm³/mol. The lowest BCUT2D eigenvalue weighted by Crippen LogP contribution is -2.29. The highest BCUT2D eigenvalue weighted by atomic mass is 19.3. The van der Waals surface area contributed by atoms with Crippen LogP contribution in [0.1, 0.15) is 36.1 Å². The van der Waals surface area contributed by atoms with Gasteiger partial charge in [0.05, 0.1) is 6.04 Å². The lowest BCUT2D eigenvalue weighted by Gasteiger charge is -2.25. The van der Waals surface area contributed by atoms with Crippen molar-refractivity contribution in [1.29, 1.82) is 0 Å². The van der Waals surface area contributed by atoms with Crippen molar-refractivity contribution in [1.82, 2.24) is 4.90 Å². The van der Waals surface area contributed by atoms with Crippen molar-refractivity contribution in [2.75, 3.05) is 7.05 Å². The van der Waals surface area contributed by atoms with E-state index in [0.29, 0.717) is 12.8 Å². The molecule has 0 radical (unpaired) electrons. The predicted octanol–water partition coefficient (Wildman–Crippen LogP) is 4.75. The summed E-state index contributed by atoms with van der Waals surface area (Å²) in [6.45, 7) is 1.20. The number of hydrogen-bond donors (Lipinski definition) is 0. The second-order valence-corrected chi connectivity index (χ2v) is 6.11. The number of alkyl halides is 2. The first kappa shape index (κ1) is 18.9. The number of amides is 1. The Kier molecular flexibility index (Phi) is 6.51. The summed E-state index contributed by atoms with van der Waals surface area (Å²) in [5.41, 5.74) is 3.19. The molecular formula is C20H23F2NO2. The van der Waals surface area contributed by atoms with E-state index in [4.69, 9.17) is 0 Å². The molecule has 134 valence electrons. The number of halogens is 2. The topological polar surface area (TPSA) is 29.5 Å². The average Bonchev–Trinajstić information content (AvgIpc) is 2.59. The molecule has 0 fully saturated rings. The van der Waals surface area contributed by atoms with Crippen LogP contribution in [0, 0.1) is 6.92 Å². The number of ether oxygens (including phenoxy) is 1. The monoisotopic (exact) mass is 347 g/mol. The molecule has 0 saturated carbocycles. The first-order valence-corrected chi connectivity index (χ1v) is 8.23. The van der Waals surface area contributed by atoms with E-state index in [2.05, 4.69) is 4.74 Å². The summed E-state index contributed by atoms with van der Waals surface area (Å²) in [6, 6.07) is 14.5. The Balaban J connectivity index is 1.89. The Labute approximate surface area is 147 Å². The van der Waals surface area contributed by atoms with Gasteiger partial charge in [-0.25, -0.2) is 0 Å². The van der Waals surface area contributed by atoms with Gasteiger partial charge in [-0.05, 0) is 43.5 Å². The van der Waals surface area contributed by atoms with Crippen molar-refractivity contribution in [3.8, 4) is 5.75 Å². The van der Waals surface area contributed by atoms with E-state index in [1.54, 1.807) is 24.1 Å². The van der Waals surface area contributed by atoms with Crippen LogP contribution in [-0.4, -0.2) is 24.5 Å². The number of hydrogen-bond acceptors (Lipinski definition) is 2. The maximum absolute atomic E-state index is 12.4. The van der Waals surface area contributed by atoms with Crippen molar-refractivity contribution in [3.05, 3.63) is 65.2 Å². The number of aryl methyl sites for hydroxylation is 2. The van der Waals surface area contributed by atoms with Gasteiger partial charge in [0.2, 0.25) is 5.91 Å². The second kappa shape index (κ2) is 8.60. The molecule has 3 nitrogen and oxygen atoms in total. The average molecular weight is 347 g/mol. The fourth-order valence-electron chi connectivity index (χ4n) is 2.55. The molecule has 25 heavy (non-hydrogen) atoms. The minimum absolute atomic E-state index is 0.00471. The van der Waals surface area contributed by atoms with Crippen LogP contribution < -0.4 is 4.74 Å². The maximum atomic E-state index is 12.4. The number of nitrogens with zero attached hydrogens (tertiary/aromatic N) is 1. The molecule has 1 atom stereocenters. The Bertz CT molecular complexity index is 684. The van der Waals surface area contributed by atoms with Gasteiger partial charge in [0, 0.05) is 13.5 Å². The molecule has 1 unspecified atom stereocenters. The molecule has 0 saturated heterocycles. The molecule has 0 aliphatic rings. The molecule has 0 bridgehead atoms. The van der Waals surface area contributed by atoms with Crippen molar-refractivity contribution >= 4 is 5.91 Å². The summed E-state index contributed by atoms with van der Waals surface area (Å²) in [7, 11) is 1.80. The van der Waals surface area contributed by atoms with Gasteiger partial charge in [0.25, 0.3) is 0 Å². The minimum Gasteiger partial charge on any atom is -0.435 e. The highest BCUT2D eigenvalue weighted by Gasteiger charge is 2.17. The molecule has 0 aromatic heterocycles. The fraction of sp³-hybridized carbons (Fsp3) is 0.350. The van der Waals surface area contributed by atoms with E-state index in [0.717, 1.165) is 11.1 Å². The molecule has 0 spiro atoms. The van der Waals surface area contributed by atoms with Gasteiger partial charge in [-0.3, -0.25) is 4.79 Å².